The van der Waals surface area contributed by atoms with Gasteiger partial charge in [0.1, 0.15) is 0 Å². The fourth-order valence-electron chi connectivity index (χ4n) is 1.52. The maximum Gasteiger partial charge on any atom is 0.273 e. The number of hydrogen-bond acceptors (Lipinski definition) is 5. The van der Waals surface area contributed by atoms with Gasteiger partial charge in [-0.2, -0.15) is 0 Å². The fourth-order valence-corrected chi connectivity index (χ4v) is 2.61. The molecule has 3 N–H and O–H groups in total. The van der Waals surface area contributed by atoms with E-state index in [4.69, 9.17) is 17.3 Å². The number of carbonyl (C=O) groups excluding carboxylic acids is 1. The first-order valence-electron chi connectivity index (χ1n) is 5.81. The molecule has 19 heavy (non-hydrogen) atoms. The highest BCUT2D eigenvalue weighted by atomic mass is 35.5. The lowest BCUT2D eigenvalue weighted by atomic mass is 10.3. The summed E-state index contributed by atoms with van der Waals surface area (Å²) in [5.41, 5.74) is 5.70. The van der Waals surface area contributed by atoms with Gasteiger partial charge < -0.3 is 11.1 Å². The summed E-state index contributed by atoms with van der Waals surface area (Å²) in [5.74, 6) is -0.231. The first-order valence-corrected chi connectivity index (χ1v) is 7.01. The predicted octanol–water partition coefficient (Wildman–Crippen LogP) is 0.924. The number of hydrogen-bond donors (Lipinski definition) is 2. The van der Waals surface area contributed by atoms with Crippen molar-refractivity contribution in [3.8, 4) is 0 Å². The smallest absolute Gasteiger partial charge is 0.273 e. The molecule has 102 valence electrons. The Balaban J connectivity index is 1.80. The van der Waals surface area contributed by atoms with Crippen LogP contribution in [0.3, 0.4) is 0 Å². The largest absolute Gasteiger partial charge is 0.350 e. The molecule has 0 aromatic carbocycles. The van der Waals surface area contributed by atoms with E-state index in [2.05, 4.69) is 15.6 Å². The number of aromatic nitrogens is 3. The number of thiophene rings is 1. The van der Waals surface area contributed by atoms with E-state index in [9.17, 15) is 4.79 Å². The van der Waals surface area contributed by atoms with E-state index in [-0.39, 0.29) is 5.91 Å². The third-order valence-electron chi connectivity index (χ3n) is 2.42. The predicted molar refractivity (Wildman–Crippen MR) is 74.4 cm³/mol. The van der Waals surface area contributed by atoms with Gasteiger partial charge in [-0.1, -0.05) is 16.8 Å². The van der Waals surface area contributed by atoms with Gasteiger partial charge in [-0.25, -0.2) is 0 Å². The van der Waals surface area contributed by atoms with Crippen molar-refractivity contribution >= 4 is 28.8 Å². The summed E-state index contributed by atoms with van der Waals surface area (Å²) in [6.07, 6.45) is 2.34. The third kappa shape index (κ3) is 4.02. The van der Waals surface area contributed by atoms with Crippen LogP contribution in [0.15, 0.2) is 18.3 Å². The Kier molecular flexibility index (Phi) is 4.89. The maximum atomic E-state index is 11.8. The molecule has 0 aliphatic heterocycles. The molecule has 0 atom stereocenters. The van der Waals surface area contributed by atoms with E-state index in [1.165, 1.54) is 11.3 Å². The standard InChI is InChI=1S/C11H14ClN5OS/c12-10-2-1-8(19-10)3-5-14-11(18)9-7-17(6-4-13)16-15-9/h1-2,7H,3-6,13H2,(H,14,18). The van der Waals surface area contributed by atoms with E-state index in [0.29, 0.717) is 25.3 Å². The molecule has 2 aromatic heterocycles. The number of carbonyl (C=O) groups is 1. The molecular formula is C11H14ClN5OS. The van der Waals surface area contributed by atoms with E-state index >= 15 is 0 Å². The van der Waals surface area contributed by atoms with Crippen LogP contribution in [0, 0.1) is 0 Å². The fraction of sp³-hybridized carbons (Fsp3) is 0.364. The molecule has 0 saturated heterocycles. The van der Waals surface area contributed by atoms with Crippen molar-refractivity contribution in [2.75, 3.05) is 13.1 Å². The molecule has 0 bridgehead atoms. The maximum absolute atomic E-state index is 11.8. The number of amides is 1. The van der Waals surface area contributed by atoms with E-state index in [1.54, 1.807) is 10.9 Å². The van der Waals surface area contributed by atoms with Crippen molar-refractivity contribution in [2.24, 2.45) is 5.73 Å². The van der Waals surface area contributed by atoms with Crippen molar-refractivity contribution in [1.29, 1.82) is 0 Å². The van der Waals surface area contributed by atoms with Crippen molar-refractivity contribution in [3.05, 3.63) is 33.2 Å². The molecule has 1 amide bonds. The third-order valence-corrected chi connectivity index (χ3v) is 3.71. The number of nitrogens with zero attached hydrogens (tertiary/aromatic N) is 3. The second kappa shape index (κ2) is 6.65. The van der Waals surface area contributed by atoms with Crippen LogP contribution in [0.1, 0.15) is 15.4 Å². The SMILES string of the molecule is NCCn1cc(C(=O)NCCc2ccc(Cl)s2)nn1. The van der Waals surface area contributed by atoms with Crippen LogP contribution in [-0.4, -0.2) is 34.0 Å². The summed E-state index contributed by atoms with van der Waals surface area (Å²) in [5, 5.41) is 10.4. The first-order chi connectivity index (χ1) is 9.19. The summed E-state index contributed by atoms with van der Waals surface area (Å²) in [6.45, 7) is 1.55. The highest BCUT2D eigenvalue weighted by molar-refractivity contribution is 7.16. The highest BCUT2D eigenvalue weighted by Gasteiger charge is 2.10. The summed E-state index contributed by atoms with van der Waals surface area (Å²) >= 11 is 7.34. The lowest BCUT2D eigenvalue weighted by Gasteiger charge is -2.00. The van der Waals surface area contributed by atoms with Crippen LogP contribution < -0.4 is 11.1 Å². The van der Waals surface area contributed by atoms with Crippen molar-refractivity contribution in [1.82, 2.24) is 20.3 Å². The van der Waals surface area contributed by atoms with Gasteiger partial charge in [0.2, 0.25) is 0 Å². The molecule has 8 heteroatoms. The molecule has 2 aromatic rings. The van der Waals surface area contributed by atoms with E-state index < -0.39 is 0 Å². The van der Waals surface area contributed by atoms with Crippen LogP contribution in [-0.2, 0) is 13.0 Å². The Hall–Kier alpha value is -1.44. The van der Waals surface area contributed by atoms with Gasteiger partial charge in [0.05, 0.1) is 17.1 Å². The van der Waals surface area contributed by atoms with Crippen LogP contribution in [0.4, 0.5) is 0 Å². The average molecular weight is 300 g/mol. The summed E-state index contributed by atoms with van der Waals surface area (Å²) < 4.78 is 2.31. The van der Waals surface area contributed by atoms with Gasteiger partial charge in [0, 0.05) is 18.0 Å². The van der Waals surface area contributed by atoms with Gasteiger partial charge >= 0.3 is 0 Å². The molecule has 0 aliphatic rings. The van der Waals surface area contributed by atoms with Gasteiger partial charge in [0.25, 0.3) is 5.91 Å². The van der Waals surface area contributed by atoms with Gasteiger partial charge in [-0.15, -0.1) is 16.4 Å². The molecule has 6 nitrogen and oxygen atoms in total. The monoisotopic (exact) mass is 299 g/mol. The normalized spacial score (nSPS) is 10.6. The van der Waals surface area contributed by atoms with Crippen LogP contribution >= 0.6 is 22.9 Å². The molecule has 0 saturated carbocycles. The Labute approximate surface area is 119 Å². The number of nitrogens with one attached hydrogen (secondary N) is 1. The molecular weight excluding hydrogens is 286 g/mol. The molecule has 0 spiro atoms. The highest BCUT2D eigenvalue weighted by Crippen LogP contribution is 2.21. The molecule has 0 aliphatic carbocycles. The zero-order valence-corrected chi connectivity index (χ0v) is 11.7. The van der Waals surface area contributed by atoms with E-state index in [1.807, 2.05) is 12.1 Å². The summed E-state index contributed by atoms with van der Waals surface area (Å²) in [6, 6.07) is 3.80. The zero-order valence-electron chi connectivity index (χ0n) is 10.2. The Morgan fingerprint density at radius 3 is 3.05 bits per heavy atom. The Morgan fingerprint density at radius 2 is 2.37 bits per heavy atom. The van der Waals surface area contributed by atoms with Crippen LogP contribution in [0.25, 0.3) is 0 Å². The van der Waals surface area contributed by atoms with Crippen molar-refractivity contribution < 1.29 is 4.79 Å². The van der Waals surface area contributed by atoms with Crippen LogP contribution in [0.2, 0.25) is 4.34 Å². The zero-order chi connectivity index (χ0) is 13.7. The summed E-state index contributed by atoms with van der Waals surface area (Å²) in [7, 11) is 0. The van der Waals surface area contributed by atoms with Gasteiger partial charge in [-0.3, -0.25) is 9.48 Å². The second-order valence-electron chi connectivity index (χ2n) is 3.87. The van der Waals surface area contributed by atoms with Gasteiger partial charge in [0.15, 0.2) is 5.69 Å². The van der Waals surface area contributed by atoms with Gasteiger partial charge in [-0.05, 0) is 18.6 Å². The lowest BCUT2D eigenvalue weighted by Crippen LogP contribution is -2.25. The molecule has 0 radical (unpaired) electrons. The van der Waals surface area contributed by atoms with Crippen molar-refractivity contribution in [3.63, 3.8) is 0 Å². The Bertz CT molecular complexity index is 553. The number of halogens is 1. The second-order valence-corrected chi connectivity index (χ2v) is 5.67. The number of rotatable bonds is 6. The van der Waals surface area contributed by atoms with Crippen molar-refractivity contribution in [2.45, 2.75) is 13.0 Å². The molecule has 2 heterocycles. The quantitative estimate of drug-likeness (QED) is 0.830. The summed E-state index contributed by atoms with van der Waals surface area (Å²) in [4.78, 5) is 12.9. The minimum atomic E-state index is -0.231. The molecule has 0 fully saturated rings. The number of nitrogens with two attached hydrogens (primary N) is 1. The minimum absolute atomic E-state index is 0.231. The molecule has 2 rings (SSSR count). The topological polar surface area (TPSA) is 85.8 Å². The lowest BCUT2D eigenvalue weighted by molar-refractivity contribution is 0.0949. The minimum Gasteiger partial charge on any atom is -0.350 e. The molecule has 0 unspecified atom stereocenters. The first kappa shape index (κ1) is 14.0. The Morgan fingerprint density at radius 1 is 1.53 bits per heavy atom. The average Bonchev–Trinajstić information content (AvgIpc) is 2.99. The van der Waals surface area contributed by atoms with Crippen LogP contribution in [0.5, 0.6) is 0 Å². The van der Waals surface area contributed by atoms with E-state index in [0.717, 1.165) is 15.6 Å².